The van der Waals surface area contributed by atoms with Crippen molar-refractivity contribution in [2.45, 2.75) is 19.1 Å². The molecule has 0 aliphatic heterocycles. The summed E-state index contributed by atoms with van der Waals surface area (Å²) in [6.07, 6.45) is -1.59. The first-order valence-corrected chi connectivity index (χ1v) is 9.75. The van der Waals surface area contributed by atoms with Crippen LogP contribution in [-0.4, -0.2) is 53.5 Å². The van der Waals surface area contributed by atoms with Crippen molar-refractivity contribution < 1.29 is 33.8 Å². The summed E-state index contributed by atoms with van der Waals surface area (Å²) < 4.78 is 10.1. The third-order valence-electron chi connectivity index (χ3n) is 4.21. The van der Waals surface area contributed by atoms with E-state index in [0.717, 1.165) is 10.5 Å². The summed E-state index contributed by atoms with van der Waals surface area (Å²) in [5.74, 6) is -3.08. The molecule has 10 heteroatoms. The van der Waals surface area contributed by atoms with Gasteiger partial charge in [0.05, 0.1) is 22.0 Å². The third kappa shape index (κ3) is 6.97. The fraction of sp³-hybridized carbons (Fsp3) is 0.238. The molecular formula is C21H19Cl2NO7. The van der Waals surface area contributed by atoms with Crippen molar-refractivity contribution in [2.75, 3.05) is 13.7 Å². The average molecular weight is 468 g/mol. The molecule has 0 radical (unpaired) electrons. The van der Waals surface area contributed by atoms with Crippen LogP contribution in [0.4, 0.5) is 4.79 Å². The Balaban J connectivity index is 2.02. The summed E-state index contributed by atoms with van der Waals surface area (Å²) in [5.41, 5.74) is 0.597. The quantitative estimate of drug-likeness (QED) is 0.557. The lowest BCUT2D eigenvalue weighted by atomic mass is 10.1. The monoisotopic (exact) mass is 467 g/mol. The number of carboxylic acids is 1. The molecule has 0 saturated carbocycles. The molecule has 0 aliphatic carbocycles. The highest BCUT2D eigenvalue weighted by Gasteiger charge is 2.31. The summed E-state index contributed by atoms with van der Waals surface area (Å²) in [4.78, 5) is 49.1. The average Bonchev–Trinajstić information content (AvgIpc) is 2.74. The summed E-state index contributed by atoms with van der Waals surface area (Å²) in [6, 6.07) is 11.8. The number of ketones is 1. The molecule has 1 N–H and O–H groups in total. The van der Waals surface area contributed by atoms with Gasteiger partial charge in [-0.3, -0.25) is 9.59 Å². The molecule has 0 aliphatic rings. The number of nitrogens with zero attached hydrogens (tertiary/aromatic N) is 1. The maximum atomic E-state index is 12.5. The molecule has 2 rings (SSSR count). The molecule has 1 atom stereocenters. The number of amides is 1. The molecule has 31 heavy (non-hydrogen) atoms. The first kappa shape index (κ1) is 24.2. The van der Waals surface area contributed by atoms with Crippen molar-refractivity contribution in [2.24, 2.45) is 0 Å². The van der Waals surface area contributed by atoms with Crippen LogP contribution in [0.2, 0.25) is 10.0 Å². The van der Waals surface area contributed by atoms with Crippen molar-refractivity contribution in [3.8, 4) is 0 Å². The van der Waals surface area contributed by atoms with Crippen LogP contribution in [-0.2, 0) is 25.7 Å². The highest BCUT2D eigenvalue weighted by atomic mass is 35.5. The Hall–Kier alpha value is -3.10. The van der Waals surface area contributed by atoms with Gasteiger partial charge in [0.15, 0.2) is 12.4 Å². The Bertz CT molecular complexity index is 945. The number of halogens is 2. The molecule has 0 aromatic heterocycles. The van der Waals surface area contributed by atoms with Gasteiger partial charge in [0.2, 0.25) is 0 Å². The standard InChI is InChI=1S/C21H19Cl2NO7/c1-24(21(29)31-11-13-6-3-2-4-7-13)16(10-18(26)27)17(25)12-30-20(28)19-14(22)8-5-9-15(19)23/h2-9,16H,10-12H2,1H3,(H,26,27)/t16-/m0/s1. The van der Waals surface area contributed by atoms with Crippen molar-refractivity contribution in [1.82, 2.24) is 4.90 Å². The van der Waals surface area contributed by atoms with Gasteiger partial charge in [0, 0.05) is 7.05 Å². The number of aliphatic carboxylic acids is 1. The van der Waals surface area contributed by atoms with Crippen molar-refractivity contribution in [3.63, 3.8) is 0 Å². The Labute approximate surface area is 188 Å². The lowest BCUT2D eigenvalue weighted by Gasteiger charge is -2.25. The van der Waals surface area contributed by atoms with Gasteiger partial charge >= 0.3 is 18.0 Å². The minimum absolute atomic E-state index is 0.0358. The van der Waals surface area contributed by atoms with Gasteiger partial charge in [-0.05, 0) is 17.7 Å². The van der Waals surface area contributed by atoms with Crippen LogP contribution in [0.5, 0.6) is 0 Å². The highest BCUT2D eigenvalue weighted by molar-refractivity contribution is 6.39. The number of rotatable bonds is 9. The number of likely N-dealkylation sites (N-methyl/N-ethyl adjacent to an activating group) is 1. The second-order valence-electron chi connectivity index (χ2n) is 6.40. The molecule has 8 nitrogen and oxygen atoms in total. The van der Waals surface area contributed by atoms with E-state index >= 15 is 0 Å². The number of ether oxygens (including phenoxy) is 2. The van der Waals surface area contributed by atoms with E-state index in [1.807, 2.05) is 0 Å². The van der Waals surface area contributed by atoms with Crippen molar-refractivity contribution in [1.29, 1.82) is 0 Å². The van der Waals surface area contributed by atoms with Gasteiger partial charge in [0.1, 0.15) is 12.6 Å². The molecule has 164 valence electrons. The molecule has 0 heterocycles. The van der Waals surface area contributed by atoms with E-state index in [1.165, 1.54) is 25.2 Å². The number of Topliss-reactive ketones (excluding diaryl/α,β-unsaturated/α-hetero) is 1. The smallest absolute Gasteiger partial charge is 0.410 e. The summed E-state index contributed by atoms with van der Waals surface area (Å²) in [5, 5.41) is 9.20. The van der Waals surface area contributed by atoms with Crippen molar-refractivity contribution in [3.05, 3.63) is 69.7 Å². The van der Waals surface area contributed by atoms with E-state index in [9.17, 15) is 19.2 Å². The lowest BCUT2D eigenvalue weighted by Crippen LogP contribution is -2.45. The summed E-state index contributed by atoms with van der Waals surface area (Å²) >= 11 is 11.9. The molecule has 2 aromatic rings. The molecule has 0 fully saturated rings. The first-order chi connectivity index (χ1) is 14.7. The minimum atomic E-state index is -1.41. The third-order valence-corrected chi connectivity index (χ3v) is 4.84. The van der Waals surface area contributed by atoms with Gasteiger partial charge in [-0.15, -0.1) is 0 Å². The zero-order valence-electron chi connectivity index (χ0n) is 16.4. The predicted octanol–water partition coefficient (Wildman–Crippen LogP) is 3.83. The van der Waals surface area contributed by atoms with E-state index in [4.69, 9.17) is 37.8 Å². The van der Waals surface area contributed by atoms with E-state index < -0.39 is 42.9 Å². The van der Waals surface area contributed by atoms with E-state index in [0.29, 0.717) is 0 Å². The fourth-order valence-corrected chi connectivity index (χ4v) is 3.13. The second-order valence-corrected chi connectivity index (χ2v) is 7.22. The minimum Gasteiger partial charge on any atom is -0.481 e. The number of benzene rings is 2. The van der Waals surface area contributed by atoms with Gasteiger partial charge < -0.3 is 19.5 Å². The number of hydrogen-bond acceptors (Lipinski definition) is 6. The van der Waals surface area contributed by atoms with E-state index in [-0.39, 0.29) is 22.2 Å². The molecule has 0 unspecified atom stereocenters. The number of carboxylic acid groups (broad SMARTS) is 1. The summed E-state index contributed by atoms with van der Waals surface area (Å²) in [6.45, 7) is -0.841. The molecule has 0 spiro atoms. The molecule has 2 aromatic carbocycles. The van der Waals surface area contributed by atoms with Crippen LogP contribution in [0.25, 0.3) is 0 Å². The van der Waals surface area contributed by atoms with Crippen LogP contribution in [0.15, 0.2) is 48.5 Å². The molecular weight excluding hydrogens is 449 g/mol. The van der Waals surface area contributed by atoms with Crippen LogP contribution < -0.4 is 0 Å². The fourth-order valence-electron chi connectivity index (χ4n) is 2.58. The maximum absolute atomic E-state index is 12.5. The Morgan fingerprint density at radius 2 is 1.58 bits per heavy atom. The zero-order valence-corrected chi connectivity index (χ0v) is 17.9. The van der Waals surface area contributed by atoms with Crippen LogP contribution in [0.1, 0.15) is 22.3 Å². The predicted molar refractivity (Wildman–Crippen MR) is 112 cm³/mol. The largest absolute Gasteiger partial charge is 0.481 e. The topological polar surface area (TPSA) is 110 Å². The first-order valence-electron chi connectivity index (χ1n) is 8.99. The van der Waals surface area contributed by atoms with Gasteiger partial charge in [-0.2, -0.15) is 0 Å². The number of carbonyl (C=O) groups is 4. The van der Waals surface area contributed by atoms with Gasteiger partial charge in [-0.1, -0.05) is 59.6 Å². The lowest BCUT2D eigenvalue weighted by molar-refractivity contribution is -0.141. The maximum Gasteiger partial charge on any atom is 0.410 e. The SMILES string of the molecule is CN(C(=O)OCc1ccccc1)[C@@H](CC(=O)O)C(=O)COC(=O)c1c(Cl)cccc1Cl. The van der Waals surface area contributed by atoms with Gasteiger partial charge in [-0.25, -0.2) is 9.59 Å². The Morgan fingerprint density at radius 3 is 2.16 bits per heavy atom. The number of carbonyl (C=O) groups excluding carboxylic acids is 3. The molecule has 0 bridgehead atoms. The van der Waals surface area contributed by atoms with Crippen LogP contribution >= 0.6 is 23.2 Å². The highest BCUT2D eigenvalue weighted by Crippen LogP contribution is 2.25. The normalized spacial score (nSPS) is 11.3. The second kappa shape index (κ2) is 11.3. The van der Waals surface area contributed by atoms with Gasteiger partial charge in [0.25, 0.3) is 0 Å². The molecule has 0 saturated heterocycles. The Morgan fingerprint density at radius 1 is 0.968 bits per heavy atom. The van der Waals surface area contributed by atoms with Crippen LogP contribution in [0.3, 0.4) is 0 Å². The Kier molecular flexibility index (Phi) is 8.84. The molecule has 1 amide bonds. The van der Waals surface area contributed by atoms with Crippen molar-refractivity contribution >= 4 is 47.0 Å². The number of hydrogen-bond donors (Lipinski definition) is 1. The number of esters is 1. The van der Waals surface area contributed by atoms with E-state index in [2.05, 4.69) is 0 Å². The zero-order chi connectivity index (χ0) is 23.0. The van der Waals surface area contributed by atoms with E-state index in [1.54, 1.807) is 30.3 Å². The van der Waals surface area contributed by atoms with Crippen LogP contribution in [0, 0.1) is 0 Å². The summed E-state index contributed by atoms with van der Waals surface area (Å²) in [7, 11) is 1.23.